The highest BCUT2D eigenvalue weighted by Crippen LogP contribution is 2.28. The number of methoxy groups -OCH3 is 1. The molecule has 8 heteroatoms. The van der Waals surface area contributed by atoms with Gasteiger partial charge in [-0.15, -0.1) is 0 Å². The summed E-state index contributed by atoms with van der Waals surface area (Å²) >= 11 is 0. The zero-order valence-electron chi connectivity index (χ0n) is 10.6. The van der Waals surface area contributed by atoms with Crippen LogP contribution in [-0.2, 0) is 11.3 Å². The van der Waals surface area contributed by atoms with Crippen molar-refractivity contribution in [2.24, 2.45) is 0 Å². The summed E-state index contributed by atoms with van der Waals surface area (Å²) in [6.07, 6.45) is -2.93. The van der Waals surface area contributed by atoms with Gasteiger partial charge in [-0.3, -0.25) is 4.90 Å². The predicted molar refractivity (Wildman–Crippen MR) is 59.5 cm³/mol. The summed E-state index contributed by atoms with van der Waals surface area (Å²) in [7, 11) is 1.53. The Morgan fingerprint density at radius 2 is 2.05 bits per heavy atom. The predicted octanol–water partition coefficient (Wildman–Crippen LogP) is 1.96. The van der Waals surface area contributed by atoms with Gasteiger partial charge in [-0.05, 0) is 25.9 Å². The number of nitrogens with zero attached hydrogens (tertiary/aromatic N) is 3. The molecule has 0 aliphatic carbocycles. The SMILES string of the molecule is COCc1noc(C2CCN(CC(F)(F)F)CC2)n1. The molecule has 19 heavy (non-hydrogen) atoms. The lowest BCUT2D eigenvalue weighted by atomic mass is 9.97. The van der Waals surface area contributed by atoms with Crippen LogP contribution in [0.25, 0.3) is 0 Å². The molecule has 0 bridgehead atoms. The molecule has 1 saturated heterocycles. The van der Waals surface area contributed by atoms with Crippen LogP contribution in [0.15, 0.2) is 4.52 Å². The number of likely N-dealkylation sites (tertiary alicyclic amines) is 1. The van der Waals surface area contributed by atoms with E-state index in [2.05, 4.69) is 10.1 Å². The maximum absolute atomic E-state index is 12.3. The molecule has 0 atom stereocenters. The van der Waals surface area contributed by atoms with E-state index in [0.717, 1.165) is 0 Å². The summed E-state index contributed by atoms with van der Waals surface area (Å²) in [6, 6.07) is 0. The molecular weight excluding hydrogens is 263 g/mol. The topological polar surface area (TPSA) is 51.4 Å². The molecule has 1 fully saturated rings. The van der Waals surface area contributed by atoms with Crippen molar-refractivity contribution in [3.05, 3.63) is 11.7 Å². The van der Waals surface area contributed by atoms with Gasteiger partial charge in [0.05, 0.1) is 6.54 Å². The standard InChI is InChI=1S/C11H16F3N3O2/c1-18-6-9-15-10(19-16-9)8-2-4-17(5-3-8)7-11(12,13)14/h8H,2-7H2,1H3. The fourth-order valence-electron chi connectivity index (χ4n) is 2.21. The minimum Gasteiger partial charge on any atom is -0.377 e. The fraction of sp³-hybridized carbons (Fsp3) is 0.818. The molecule has 1 aliphatic heterocycles. The van der Waals surface area contributed by atoms with Crippen LogP contribution < -0.4 is 0 Å². The molecule has 5 nitrogen and oxygen atoms in total. The zero-order chi connectivity index (χ0) is 13.9. The monoisotopic (exact) mass is 279 g/mol. The number of piperidine rings is 1. The van der Waals surface area contributed by atoms with E-state index in [9.17, 15) is 13.2 Å². The van der Waals surface area contributed by atoms with Crippen LogP contribution in [0.1, 0.15) is 30.5 Å². The van der Waals surface area contributed by atoms with Gasteiger partial charge in [-0.2, -0.15) is 18.2 Å². The summed E-state index contributed by atoms with van der Waals surface area (Å²) in [5, 5.41) is 3.75. The van der Waals surface area contributed by atoms with Gasteiger partial charge in [-0.1, -0.05) is 5.16 Å². The Kier molecular flexibility index (Phi) is 4.41. The molecule has 0 amide bonds. The lowest BCUT2D eigenvalue weighted by Crippen LogP contribution is -2.39. The molecule has 2 heterocycles. The van der Waals surface area contributed by atoms with Crippen molar-refractivity contribution in [1.82, 2.24) is 15.0 Å². The Hall–Kier alpha value is -1.15. The number of ether oxygens (including phenoxy) is 1. The average Bonchev–Trinajstić information content (AvgIpc) is 2.77. The molecule has 0 N–H and O–H groups in total. The Balaban J connectivity index is 1.85. The molecule has 0 unspecified atom stereocenters. The Bertz CT molecular complexity index is 400. The summed E-state index contributed by atoms with van der Waals surface area (Å²) in [5.41, 5.74) is 0. The van der Waals surface area contributed by atoms with Crippen molar-refractivity contribution in [2.45, 2.75) is 31.5 Å². The second-order valence-corrected chi connectivity index (χ2v) is 4.65. The van der Waals surface area contributed by atoms with Crippen LogP contribution in [0.5, 0.6) is 0 Å². The van der Waals surface area contributed by atoms with E-state index in [0.29, 0.717) is 37.6 Å². The zero-order valence-corrected chi connectivity index (χ0v) is 10.6. The number of alkyl halides is 3. The number of rotatable bonds is 4. The van der Waals surface area contributed by atoms with Crippen molar-refractivity contribution in [3.8, 4) is 0 Å². The smallest absolute Gasteiger partial charge is 0.377 e. The first-order valence-corrected chi connectivity index (χ1v) is 6.08. The third-order valence-corrected chi connectivity index (χ3v) is 3.10. The molecule has 1 aromatic rings. The lowest BCUT2D eigenvalue weighted by Gasteiger charge is -2.30. The van der Waals surface area contributed by atoms with E-state index in [1.165, 1.54) is 12.0 Å². The summed E-state index contributed by atoms with van der Waals surface area (Å²) in [5.74, 6) is 1.01. The minimum absolute atomic E-state index is 0.0441. The van der Waals surface area contributed by atoms with Gasteiger partial charge >= 0.3 is 6.18 Å². The maximum atomic E-state index is 12.3. The Labute approximate surface area is 108 Å². The summed E-state index contributed by atoms with van der Waals surface area (Å²) in [6.45, 7) is 0.216. The first-order valence-electron chi connectivity index (χ1n) is 6.08. The fourth-order valence-corrected chi connectivity index (χ4v) is 2.21. The van der Waals surface area contributed by atoms with Crippen LogP contribution >= 0.6 is 0 Å². The molecule has 108 valence electrons. The van der Waals surface area contributed by atoms with Crippen molar-refractivity contribution in [1.29, 1.82) is 0 Å². The highest BCUT2D eigenvalue weighted by molar-refractivity contribution is 4.96. The highest BCUT2D eigenvalue weighted by atomic mass is 19.4. The molecule has 0 radical (unpaired) electrons. The Morgan fingerprint density at radius 3 is 2.63 bits per heavy atom. The normalized spacial score (nSPS) is 18.9. The van der Waals surface area contributed by atoms with Crippen molar-refractivity contribution in [2.75, 3.05) is 26.7 Å². The van der Waals surface area contributed by atoms with E-state index in [-0.39, 0.29) is 12.5 Å². The third-order valence-electron chi connectivity index (χ3n) is 3.10. The van der Waals surface area contributed by atoms with Gasteiger partial charge in [0.15, 0.2) is 5.82 Å². The van der Waals surface area contributed by atoms with Crippen LogP contribution in [0.3, 0.4) is 0 Å². The van der Waals surface area contributed by atoms with Crippen LogP contribution in [0.2, 0.25) is 0 Å². The van der Waals surface area contributed by atoms with Gasteiger partial charge in [0.1, 0.15) is 6.61 Å². The quantitative estimate of drug-likeness (QED) is 0.843. The second kappa shape index (κ2) is 5.87. The maximum Gasteiger partial charge on any atom is 0.401 e. The lowest BCUT2D eigenvalue weighted by molar-refractivity contribution is -0.148. The molecule has 0 spiro atoms. The van der Waals surface area contributed by atoms with Gasteiger partial charge in [0.2, 0.25) is 5.89 Å². The molecule has 0 saturated carbocycles. The number of hydrogen-bond acceptors (Lipinski definition) is 5. The van der Waals surface area contributed by atoms with Crippen LogP contribution in [0.4, 0.5) is 13.2 Å². The van der Waals surface area contributed by atoms with E-state index < -0.39 is 12.7 Å². The first kappa shape index (κ1) is 14.3. The second-order valence-electron chi connectivity index (χ2n) is 4.65. The van der Waals surface area contributed by atoms with Gasteiger partial charge in [-0.25, -0.2) is 0 Å². The van der Waals surface area contributed by atoms with E-state index >= 15 is 0 Å². The van der Waals surface area contributed by atoms with Crippen LogP contribution in [0, 0.1) is 0 Å². The van der Waals surface area contributed by atoms with Gasteiger partial charge in [0, 0.05) is 13.0 Å². The van der Waals surface area contributed by atoms with Crippen molar-refractivity contribution >= 4 is 0 Å². The number of hydrogen-bond donors (Lipinski definition) is 0. The molecule has 0 aromatic carbocycles. The minimum atomic E-state index is -4.14. The van der Waals surface area contributed by atoms with E-state index in [1.54, 1.807) is 0 Å². The van der Waals surface area contributed by atoms with Crippen molar-refractivity contribution in [3.63, 3.8) is 0 Å². The Morgan fingerprint density at radius 1 is 1.37 bits per heavy atom. The van der Waals surface area contributed by atoms with E-state index in [1.807, 2.05) is 0 Å². The van der Waals surface area contributed by atoms with Crippen LogP contribution in [-0.4, -0.2) is 48.0 Å². The summed E-state index contributed by atoms with van der Waals surface area (Å²) < 4.78 is 46.7. The first-order chi connectivity index (χ1) is 8.98. The van der Waals surface area contributed by atoms with Crippen molar-refractivity contribution < 1.29 is 22.4 Å². The highest BCUT2D eigenvalue weighted by Gasteiger charge is 2.33. The van der Waals surface area contributed by atoms with E-state index in [4.69, 9.17) is 9.26 Å². The largest absolute Gasteiger partial charge is 0.401 e. The summed E-state index contributed by atoms with van der Waals surface area (Å²) in [4.78, 5) is 5.59. The molecule has 1 aromatic heterocycles. The molecule has 1 aliphatic rings. The third kappa shape index (κ3) is 4.17. The molecular formula is C11H16F3N3O2. The van der Waals surface area contributed by atoms with Gasteiger partial charge in [0.25, 0.3) is 0 Å². The number of halogens is 3. The number of aromatic nitrogens is 2. The molecule has 2 rings (SSSR count). The average molecular weight is 279 g/mol. The van der Waals surface area contributed by atoms with Gasteiger partial charge < -0.3 is 9.26 Å².